The molecule has 1 N–H and O–H groups in total. The van der Waals surface area contributed by atoms with Crippen LogP contribution >= 0.6 is 11.3 Å². The molecule has 2 aliphatic rings. The summed E-state index contributed by atoms with van der Waals surface area (Å²) in [5.74, 6) is -0.273. The Morgan fingerprint density at radius 3 is 2.39 bits per heavy atom. The van der Waals surface area contributed by atoms with Crippen LogP contribution < -0.4 is 5.32 Å². The number of benzene rings is 1. The summed E-state index contributed by atoms with van der Waals surface area (Å²) in [4.78, 5) is 21.1. The molecule has 1 aromatic heterocycles. The van der Waals surface area contributed by atoms with Crippen molar-refractivity contribution < 1.29 is 13.2 Å². The SMILES string of the molecule is CC(C)N1CCc2nc(NC(=O)c3ccc(S(=O)(=O)N4CCCCCC4)cc3)sc2C1. The molecule has 3 heterocycles. The number of sulfonamides is 1. The summed E-state index contributed by atoms with van der Waals surface area (Å²) in [6.07, 6.45) is 4.82. The molecule has 31 heavy (non-hydrogen) atoms. The van der Waals surface area contributed by atoms with Crippen molar-refractivity contribution >= 4 is 32.4 Å². The van der Waals surface area contributed by atoms with Gasteiger partial charge >= 0.3 is 0 Å². The number of rotatable bonds is 5. The Labute approximate surface area is 188 Å². The summed E-state index contributed by atoms with van der Waals surface area (Å²) in [6, 6.07) is 6.70. The number of hydrogen-bond acceptors (Lipinski definition) is 6. The van der Waals surface area contributed by atoms with Crippen molar-refractivity contribution in [1.29, 1.82) is 0 Å². The molecule has 0 unspecified atom stereocenters. The van der Waals surface area contributed by atoms with Crippen molar-refractivity contribution in [1.82, 2.24) is 14.2 Å². The van der Waals surface area contributed by atoms with Crippen LogP contribution in [0.15, 0.2) is 29.2 Å². The molecule has 0 atom stereocenters. The summed E-state index contributed by atoms with van der Waals surface area (Å²) in [5, 5.41) is 3.48. The molecule has 168 valence electrons. The molecule has 0 spiro atoms. The zero-order chi connectivity index (χ0) is 22.0. The maximum absolute atomic E-state index is 12.9. The maximum atomic E-state index is 12.9. The van der Waals surface area contributed by atoms with Crippen LogP contribution in [0.5, 0.6) is 0 Å². The number of aromatic nitrogens is 1. The number of carbonyl (C=O) groups is 1. The number of nitrogens with zero attached hydrogens (tertiary/aromatic N) is 3. The molecule has 1 amide bonds. The van der Waals surface area contributed by atoms with E-state index in [1.807, 2.05) is 0 Å². The molecule has 0 aliphatic carbocycles. The van der Waals surface area contributed by atoms with Gasteiger partial charge in [0.2, 0.25) is 10.0 Å². The fraction of sp³-hybridized carbons (Fsp3) is 0.545. The zero-order valence-corrected chi connectivity index (χ0v) is 19.8. The maximum Gasteiger partial charge on any atom is 0.257 e. The van der Waals surface area contributed by atoms with Crippen molar-refractivity contribution in [3.63, 3.8) is 0 Å². The predicted molar refractivity (Wildman–Crippen MR) is 123 cm³/mol. The molecule has 0 bridgehead atoms. The van der Waals surface area contributed by atoms with E-state index in [2.05, 4.69) is 29.0 Å². The second kappa shape index (κ2) is 9.36. The van der Waals surface area contributed by atoms with Gasteiger partial charge in [0.1, 0.15) is 0 Å². The summed E-state index contributed by atoms with van der Waals surface area (Å²) < 4.78 is 27.4. The highest BCUT2D eigenvalue weighted by Gasteiger charge is 2.26. The Bertz CT molecular complexity index is 1020. The third-order valence-electron chi connectivity index (χ3n) is 6.03. The second-order valence-corrected chi connectivity index (χ2v) is 11.5. The lowest BCUT2D eigenvalue weighted by Crippen LogP contribution is -2.35. The summed E-state index contributed by atoms with van der Waals surface area (Å²) in [5.41, 5.74) is 1.49. The molecular formula is C22H30N4O3S2. The van der Waals surface area contributed by atoms with Gasteiger partial charge in [0.15, 0.2) is 5.13 Å². The minimum absolute atomic E-state index is 0.240. The highest BCUT2D eigenvalue weighted by atomic mass is 32.2. The van der Waals surface area contributed by atoms with Crippen molar-refractivity contribution in [3.8, 4) is 0 Å². The fourth-order valence-corrected chi connectivity index (χ4v) is 6.63. The Morgan fingerprint density at radius 1 is 1.06 bits per heavy atom. The van der Waals surface area contributed by atoms with Gasteiger partial charge in [-0.25, -0.2) is 13.4 Å². The van der Waals surface area contributed by atoms with Crippen molar-refractivity contribution in [2.24, 2.45) is 0 Å². The number of amides is 1. The van der Waals surface area contributed by atoms with Crippen molar-refractivity contribution in [2.75, 3.05) is 25.0 Å². The number of carbonyl (C=O) groups excluding carboxylic acids is 1. The van der Waals surface area contributed by atoms with Gasteiger partial charge < -0.3 is 0 Å². The van der Waals surface area contributed by atoms with Gasteiger partial charge in [0.05, 0.1) is 10.6 Å². The lowest BCUT2D eigenvalue weighted by Gasteiger charge is -2.29. The Balaban J connectivity index is 1.43. The van der Waals surface area contributed by atoms with E-state index < -0.39 is 10.0 Å². The minimum atomic E-state index is -3.51. The van der Waals surface area contributed by atoms with E-state index in [1.165, 1.54) is 28.3 Å². The number of thiazole rings is 1. The number of nitrogens with one attached hydrogen (secondary N) is 1. The van der Waals surface area contributed by atoms with Crippen LogP contribution in [-0.2, 0) is 23.0 Å². The van der Waals surface area contributed by atoms with E-state index in [-0.39, 0.29) is 10.8 Å². The van der Waals surface area contributed by atoms with Gasteiger partial charge in [-0.05, 0) is 51.0 Å². The lowest BCUT2D eigenvalue weighted by molar-refractivity contribution is 0.102. The Morgan fingerprint density at radius 2 is 1.74 bits per heavy atom. The molecule has 1 fully saturated rings. The van der Waals surface area contributed by atoms with Gasteiger partial charge in [-0.2, -0.15) is 4.31 Å². The van der Waals surface area contributed by atoms with E-state index >= 15 is 0 Å². The van der Waals surface area contributed by atoms with Gasteiger partial charge in [0, 0.05) is 49.1 Å². The third-order valence-corrected chi connectivity index (χ3v) is 8.94. The zero-order valence-electron chi connectivity index (χ0n) is 18.1. The number of anilines is 1. The molecule has 1 saturated heterocycles. The lowest BCUT2D eigenvalue weighted by atomic mass is 10.1. The first-order valence-corrected chi connectivity index (χ1v) is 13.2. The van der Waals surface area contributed by atoms with E-state index in [0.717, 1.165) is 50.9 Å². The average molecular weight is 463 g/mol. The molecule has 2 aliphatic heterocycles. The standard InChI is InChI=1S/C22H30N4O3S2/c1-16(2)25-14-11-19-20(15-25)30-22(23-19)24-21(27)17-7-9-18(10-8-17)31(28,29)26-12-5-3-4-6-13-26/h7-10,16H,3-6,11-15H2,1-2H3,(H,23,24,27). The van der Waals surface area contributed by atoms with Crippen LogP contribution in [0.25, 0.3) is 0 Å². The smallest absolute Gasteiger partial charge is 0.257 e. The number of hydrogen-bond donors (Lipinski definition) is 1. The van der Waals surface area contributed by atoms with Crippen molar-refractivity contribution in [3.05, 3.63) is 40.4 Å². The molecule has 0 saturated carbocycles. The molecule has 7 nitrogen and oxygen atoms in total. The predicted octanol–water partition coefficient (Wildman–Crippen LogP) is 3.73. The summed E-state index contributed by atoms with van der Waals surface area (Å²) >= 11 is 1.52. The molecule has 2 aromatic rings. The van der Waals surface area contributed by atoms with E-state index in [0.29, 0.717) is 29.8 Å². The normalized spacial score (nSPS) is 18.5. The highest BCUT2D eigenvalue weighted by molar-refractivity contribution is 7.89. The van der Waals surface area contributed by atoms with Crippen LogP contribution in [0.1, 0.15) is 60.5 Å². The summed E-state index contributed by atoms with van der Waals surface area (Å²) in [6.45, 7) is 7.34. The van der Waals surface area contributed by atoms with E-state index in [1.54, 1.807) is 16.4 Å². The third kappa shape index (κ3) is 5.00. The largest absolute Gasteiger partial charge is 0.298 e. The molecule has 9 heteroatoms. The van der Waals surface area contributed by atoms with Gasteiger partial charge in [-0.15, -0.1) is 11.3 Å². The first-order chi connectivity index (χ1) is 14.8. The van der Waals surface area contributed by atoms with Crippen molar-refractivity contribution in [2.45, 2.75) is 63.4 Å². The minimum Gasteiger partial charge on any atom is -0.298 e. The molecule has 0 radical (unpaired) electrons. The summed E-state index contributed by atoms with van der Waals surface area (Å²) in [7, 11) is -3.51. The Hall–Kier alpha value is -1.81. The molecular weight excluding hydrogens is 432 g/mol. The first-order valence-electron chi connectivity index (χ1n) is 11.0. The fourth-order valence-electron chi connectivity index (χ4n) is 4.09. The second-order valence-electron chi connectivity index (χ2n) is 8.50. The Kier molecular flexibility index (Phi) is 6.76. The van der Waals surface area contributed by atoms with Gasteiger partial charge in [0.25, 0.3) is 5.91 Å². The van der Waals surface area contributed by atoms with E-state index in [4.69, 9.17) is 0 Å². The van der Waals surface area contributed by atoms with Crippen LogP contribution in [0.2, 0.25) is 0 Å². The van der Waals surface area contributed by atoms with Crippen LogP contribution in [0.4, 0.5) is 5.13 Å². The average Bonchev–Trinajstić information content (AvgIpc) is 2.95. The van der Waals surface area contributed by atoms with Gasteiger partial charge in [-0.1, -0.05) is 12.8 Å². The highest BCUT2D eigenvalue weighted by Crippen LogP contribution is 2.29. The van der Waals surface area contributed by atoms with Crippen LogP contribution in [0.3, 0.4) is 0 Å². The van der Waals surface area contributed by atoms with Crippen LogP contribution in [0, 0.1) is 0 Å². The van der Waals surface area contributed by atoms with Gasteiger partial charge in [-0.3, -0.25) is 15.0 Å². The monoisotopic (exact) mass is 462 g/mol. The molecule has 4 rings (SSSR count). The quantitative estimate of drug-likeness (QED) is 0.732. The molecule has 1 aromatic carbocycles. The topological polar surface area (TPSA) is 82.6 Å². The van der Waals surface area contributed by atoms with Crippen LogP contribution in [-0.4, -0.2) is 54.2 Å². The van der Waals surface area contributed by atoms with E-state index in [9.17, 15) is 13.2 Å². The first kappa shape index (κ1) is 22.4. The number of fused-ring (bicyclic) bond motifs is 1.